The van der Waals surface area contributed by atoms with Gasteiger partial charge >= 0.3 is 76.1 Å². The Morgan fingerprint density at radius 3 is 0.867 bits per heavy atom. The summed E-state index contributed by atoms with van der Waals surface area (Å²) in [5, 5.41) is 16.1. The van der Waals surface area contributed by atoms with Gasteiger partial charge in [0, 0.05) is 12.2 Å². The van der Waals surface area contributed by atoms with Crippen molar-refractivity contribution in [3.05, 3.63) is 0 Å². The number of rotatable bonds is 0. The Bertz CT molecular complexity index is 86.1. The predicted molar refractivity (Wildman–Crippen MR) is 41.8 cm³/mol. The SMILES string of the molecule is CC(C)O.CC(C)O.[Mg+2].[O]=[Ti][O-].[O]=[Ti][O-]. The van der Waals surface area contributed by atoms with Crippen molar-refractivity contribution < 1.29 is 63.3 Å². The minimum absolute atomic E-state index is 0. The van der Waals surface area contributed by atoms with Crippen LogP contribution in [0.25, 0.3) is 0 Å². The first-order valence-electron chi connectivity index (χ1n) is 3.64. The molecule has 0 saturated heterocycles. The van der Waals surface area contributed by atoms with Crippen LogP contribution in [-0.2, 0) is 45.7 Å². The molecule has 0 aromatic heterocycles. The van der Waals surface area contributed by atoms with Crippen LogP contribution in [0.3, 0.4) is 0 Å². The van der Waals surface area contributed by atoms with Crippen molar-refractivity contribution in [3.63, 3.8) is 0 Å². The molecule has 0 radical (unpaired) electrons. The molecule has 0 amide bonds. The van der Waals surface area contributed by atoms with Crippen molar-refractivity contribution in [1.29, 1.82) is 0 Å². The molecule has 2 N–H and O–H groups in total. The Balaban J connectivity index is -0.0000000293. The summed E-state index contributed by atoms with van der Waals surface area (Å²) in [5.74, 6) is 0. The molecule has 0 aromatic carbocycles. The molecular formula is C6H16MgO6Ti2. The molecule has 0 aromatic rings. The van der Waals surface area contributed by atoms with Gasteiger partial charge < -0.3 is 10.2 Å². The second-order valence-corrected chi connectivity index (χ2v) is 2.87. The molecule has 0 aliphatic heterocycles. The second-order valence-electron chi connectivity index (χ2n) is 2.35. The van der Waals surface area contributed by atoms with E-state index >= 15 is 0 Å². The summed E-state index contributed by atoms with van der Waals surface area (Å²) in [6.45, 7) is 6.89. The predicted octanol–water partition coefficient (Wildman–Crippen LogP) is -2.23. The minimum atomic E-state index is -2.00. The molecule has 15 heavy (non-hydrogen) atoms. The molecule has 0 fully saturated rings. The average Bonchev–Trinajstić information content (AvgIpc) is 1.85. The third-order valence-electron chi connectivity index (χ3n) is 0. The van der Waals surface area contributed by atoms with Crippen LogP contribution < -0.4 is 7.38 Å². The Morgan fingerprint density at radius 2 is 0.867 bits per heavy atom. The van der Waals surface area contributed by atoms with E-state index in [1.165, 1.54) is 0 Å². The zero-order valence-electron chi connectivity index (χ0n) is 9.39. The fourth-order valence-corrected chi connectivity index (χ4v) is 0. The number of hydrogen-bond acceptors (Lipinski definition) is 6. The van der Waals surface area contributed by atoms with E-state index in [1.54, 1.807) is 27.7 Å². The van der Waals surface area contributed by atoms with Crippen LogP contribution in [0.15, 0.2) is 0 Å². The fourth-order valence-electron chi connectivity index (χ4n) is 0. The van der Waals surface area contributed by atoms with Crippen molar-refractivity contribution >= 4 is 23.1 Å². The Labute approximate surface area is 125 Å². The summed E-state index contributed by atoms with van der Waals surface area (Å²) in [4.78, 5) is 0. The first-order chi connectivity index (χ1) is 6.29. The standard InChI is InChI=1S/2C3H8O.Mg.4O.2Ti/c2*1-3(2)4;;;;;;;/h2*3-4H,1-2H3;;;;;;;/q;;+2;;;2*-1;;. The van der Waals surface area contributed by atoms with Crippen molar-refractivity contribution in [2.24, 2.45) is 0 Å². The van der Waals surface area contributed by atoms with Crippen LogP contribution in [0.2, 0.25) is 0 Å². The van der Waals surface area contributed by atoms with E-state index in [4.69, 9.17) is 24.2 Å². The van der Waals surface area contributed by atoms with Crippen LogP contribution in [0.5, 0.6) is 0 Å². The second kappa shape index (κ2) is 36.1. The van der Waals surface area contributed by atoms with Crippen molar-refractivity contribution in [3.8, 4) is 0 Å². The summed E-state index contributed by atoms with van der Waals surface area (Å²) in [7, 11) is 0. The van der Waals surface area contributed by atoms with E-state index in [-0.39, 0.29) is 35.3 Å². The third-order valence-corrected chi connectivity index (χ3v) is 0. The third kappa shape index (κ3) is 1090. The van der Waals surface area contributed by atoms with Gasteiger partial charge in [0.05, 0.1) is 0 Å². The molecule has 0 bridgehead atoms. The van der Waals surface area contributed by atoms with Gasteiger partial charge in [0.25, 0.3) is 0 Å². The Morgan fingerprint density at radius 1 is 0.867 bits per heavy atom. The van der Waals surface area contributed by atoms with Crippen LogP contribution in [-0.4, -0.2) is 45.5 Å². The Hall–Kier alpha value is 1.63. The van der Waals surface area contributed by atoms with E-state index in [2.05, 4.69) is 0 Å². The maximum atomic E-state index is 8.50. The van der Waals surface area contributed by atoms with E-state index in [0.717, 1.165) is 0 Å². The molecule has 0 spiro atoms. The molecule has 6 nitrogen and oxygen atoms in total. The van der Waals surface area contributed by atoms with Crippen LogP contribution in [0.1, 0.15) is 27.7 Å². The van der Waals surface area contributed by atoms with E-state index in [0.29, 0.717) is 0 Å². The van der Waals surface area contributed by atoms with Gasteiger partial charge in [0.2, 0.25) is 0 Å². The molecule has 0 unspecified atom stereocenters. The average molecular weight is 304 g/mol. The topological polar surface area (TPSA) is 121 Å². The van der Waals surface area contributed by atoms with Crippen LogP contribution in [0, 0.1) is 0 Å². The summed E-state index contributed by atoms with van der Waals surface area (Å²) in [5.41, 5.74) is 0. The van der Waals surface area contributed by atoms with Gasteiger partial charge in [0.1, 0.15) is 0 Å². The first-order valence-corrected chi connectivity index (χ1v) is 6.19. The van der Waals surface area contributed by atoms with E-state index in [9.17, 15) is 0 Å². The van der Waals surface area contributed by atoms with Gasteiger partial charge in [-0.25, -0.2) is 0 Å². The summed E-state index contributed by atoms with van der Waals surface area (Å²) < 4.78 is 34.0. The zero-order chi connectivity index (χ0) is 12.6. The quantitative estimate of drug-likeness (QED) is 0.489. The molecule has 0 atom stereocenters. The summed E-state index contributed by atoms with van der Waals surface area (Å²) in [6, 6.07) is 0. The normalized spacial score (nSPS) is 6.00. The van der Waals surface area contributed by atoms with Gasteiger partial charge in [-0.2, -0.15) is 0 Å². The number of aliphatic hydroxyl groups excluding tert-OH is 2. The van der Waals surface area contributed by atoms with Crippen molar-refractivity contribution in [2.75, 3.05) is 0 Å². The van der Waals surface area contributed by atoms with E-state index in [1.807, 2.05) is 0 Å². The molecule has 0 saturated carbocycles. The fraction of sp³-hybridized carbons (Fsp3) is 1.00. The van der Waals surface area contributed by atoms with Gasteiger partial charge in [-0.1, -0.05) is 0 Å². The number of aliphatic hydroxyl groups is 2. The van der Waals surface area contributed by atoms with Crippen LogP contribution in [0.4, 0.5) is 0 Å². The van der Waals surface area contributed by atoms with Gasteiger partial charge in [-0.05, 0) is 27.7 Å². The van der Waals surface area contributed by atoms with Crippen molar-refractivity contribution in [2.45, 2.75) is 39.9 Å². The molecule has 0 rings (SSSR count). The van der Waals surface area contributed by atoms with Gasteiger partial charge in [0.15, 0.2) is 0 Å². The zero-order valence-corrected chi connectivity index (χ0v) is 13.9. The monoisotopic (exact) mass is 304 g/mol. The Kier molecular flexibility index (Phi) is 72.2. The van der Waals surface area contributed by atoms with Crippen molar-refractivity contribution in [1.82, 2.24) is 0 Å². The molecule has 0 heterocycles. The van der Waals surface area contributed by atoms with Gasteiger partial charge in [-0.3, -0.25) is 0 Å². The summed E-state index contributed by atoms with van der Waals surface area (Å²) >= 11 is -4.00. The summed E-state index contributed by atoms with van der Waals surface area (Å²) in [6.07, 6.45) is -0.333. The molecule has 9 heteroatoms. The van der Waals surface area contributed by atoms with Crippen LogP contribution >= 0.6 is 0 Å². The molecule has 86 valence electrons. The maximum absolute atomic E-state index is 8.50. The number of hydrogen-bond donors (Lipinski definition) is 2. The van der Waals surface area contributed by atoms with Gasteiger partial charge in [-0.15, -0.1) is 0 Å². The molecular weight excluding hydrogens is 288 g/mol. The molecule has 0 aliphatic rings. The molecule has 0 aliphatic carbocycles. The van der Waals surface area contributed by atoms with E-state index < -0.39 is 39.0 Å². The first kappa shape index (κ1) is 30.0.